The van der Waals surface area contributed by atoms with Gasteiger partial charge in [0.25, 0.3) is 0 Å². The summed E-state index contributed by atoms with van der Waals surface area (Å²) in [5.74, 6) is 0.176. The molecule has 0 saturated carbocycles. The Morgan fingerprint density at radius 2 is 2.00 bits per heavy atom. The van der Waals surface area contributed by atoms with Crippen LogP contribution in [0.2, 0.25) is 0 Å². The summed E-state index contributed by atoms with van der Waals surface area (Å²) >= 11 is 0. The fraction of sp³-hybridized carbons (Fsp3) is 0.444. The zero-order chi connectivity index (χ0) is 15.5. The maximum Gasteiger partial charge on any atom is 0.247 e. The van der Waals surface area contributed by atoms with Gasteiger partial charge < -0.3 is 4.90 Å². The minimum atomic E-state index is -0.252. The second-order valence-electron chi connectivity index (χ2n) is 6.13. The lowest BCUT2D eigenvalue weighted by Gasteiger charge is -2.35. The smallest absolute Gasteiger partial charge is 0.247 e. The van der Waals surface area contributed by atoms with E-state index in [9.17, 15) is 4.79 Å². The molecule has 0 spiro atoms. The minimum Gasteiger partial charge on any atom is -0.338 e. The highest BCUT2D eigenvalue weighted by atomic mass is 16.2. The normalized spacial score (nSPS) is 19.9. The Balaban J connectivity index is 1.76. The van der Waals surface area contributed by atoms with Crippen molar-refractivity contribution in [2.24, 2.45) is 0 Å². The number of hydrogen-bond donors (Lipinski definition) is 0. The monoisotopic (exact) mass is 297 g/mol. The molecule has 0 bridgehead atoms. The summed E-state index contributed by atoms with van der Waals surface area (Å²) in [5.41, 5.74) is 2.17. The van der Waals surface area contributed by atoms with Crippen molar-refractivity contribution in [2.45, 2.75) is 45.2 Å². The standard InChI is InChI=1S/C18H23N3O/c1-14-8-6-7-11-20(14)18(22)15(2)21-13-17(12-19-21)16-9-4-3-5-10-16/h3-5,9-10,12-15H,6-8,11H2,1-2H3/t14-,15-/m1/s1. The van der Waals surface area contributed by atoms with Crippen LogP contribution in [0.25, 0.3) is 11.1 Å². The van der Waals surface area contributed by atoms with Crippen molar-refractivity contribution in [1.82, 2.24) is 14.7 Å². The molecular weight excluding hydrogens is 274 g/mol. The number of rotatable bonds is 3. The molecule has 0 aliphatic carbocycles. The van der Waals surface area contributed by atoms with Crippen LogP contribution in [0.5, 0.6) is 0 Å². The van der Waals surface area contributed by atoms with Gasteiger partial charge in [0.1, 0.15) is 6.04 Å². The Hall–Kier alpha value is -2.10. The van der Waals surface area contributed by atoms with Gasteiger partial charge in [0, 0.05) is 24.3 Å². The van der Waals surface area contributed by atoms with Gasteiger partial charge >= 0.3 is 0 Å². The number of hydrogen-bond acceptors (Lipinski definition) is 2. The van der Waals surface area contributed by atoms with Crippen molar-refractivity contribution in [2.75, 3.05) is 6.54 Å². The van der Waals surface area contributed by atoms with E-state index in [4.69, 9.17) is 0 Å². The third-order valence-corrected chi connectivity index (χ3v) is 4.55. The third-order valence-electron chi connectivity index (χ3n) is 4.55. The molecule has 1 aliphatic heterocycles. The topological polar surface area (TPSA) is 38.1 Å². The van der Waals surface area contributed by atoms with E-state index in [1.807, 2.05) is 42.4 Å². The van der Waals surface area contributed by atoms with Gasteiger partial charge in [0.2, 0.25) is 5.91 Å². The number of benzene rings is 1. The highest BCUT2D eigenvalue weighted by molar-refractivity contribution is 5.80. The number of likely N-dealkylation sites (tertiary alicyclic amines) is 1. The first-order chi connectivity index (χ1) is 10.7. The highest BCUT2D eigenvalue weighted by Gasteiger charge is 2.28. The van der Waals surface area contributed by atoms with Crippen LogP contribution in [0.3, 0.4) is 0 Å². The molecule has 0 N–H and O–H groups in total. The molecule has 116 valence electrons. The number of nitrogens with zero attached hydrogens (tertiary/aromatic N) is 3. The molecule has 4 heteroatoms. The van der Waals surface area contributed by atoms with Crippen LogP contribution < -0.4 is 0 Å². The molecule has 0 unspecified atom stereocenters. The van der Waals surface area contributed by atoms with E-state index in [-0.39, 0.29) is 11.9 Å². The average molecular weight is 297 g/mol. The molecule has 1 fully saturated rings. The second-order valence-corrected chi connectivity index (χ2v) is 6.13. The fourth-order valence-corrected chi connectivity index (χ4v) is 3.11. The highest BCUT2D eigenvalue weighted by Crippen LogP contribution is 2.23. The SMILES string of the molecule is C[C@@H]1CCCCN1C(=O)[C@@H](C)n1cc(-c2ccccc2)cn1. The lowest BCUT2D eigenvalue weighted by molar-refractivity contribution is -0.137. The predicted molar refractivity (Wildman–Crippen MR) is 87.4 cm³/mol. The molecule has 22 heavy (non-hydrogen) atoms. The molecule has 1 aliphatic rings. The Morgan fingerprint density at radius 3 is 2.73 bits per heavy atom. The van der Waals surface area contributed by atoms with Gasteiger partial charge in [-0.1, -0.05) is 30.3 Å². The van der Waals surface area contributed by atoms with Gasteiger partial charge in [-0.05, 0) is 38.7 Å². The van der Waals surface area contributed by atoms with Gasteiger partial charge in [-0.3, -0.25) is 9.48 Å². The fourth-order valence-electron chi connectivity index (χ4n) is 3.11. The number of amides is 1. The van der Waals surface area contributed by atoms with Crippen LogP contribution in [0.15, 0.2) is 42.7 Å². The molecular formula is C18H23N3O. The summed E-state index contributed by atoms with van der Waals surface area (Å²) < 4.78 is 1.78. The van der Waals surface area contributed by atoms with Crippen LogP contribution in [0.1, 0.15) is 39.2 Å². The van der Waals surface area contributed by atoms with Gasteiger partial charge in [0.05, 0.1) is 6.20 Å². The molecule has 1 aromatic carbocycles. The Bertz CT molecular complexity index is 635. The van der Waals surface area contributed by atoms with Gasteiger partial charge in [-0.2, -0.15) is 5.10 Å². The van der Waals surface area contributed by atoms with Crippen molar-refractivity contribution >= 4 is 5.91 Å². The van der Waals surface area contributed by atoms with E-state index >= 15 is 0 Å². The van der Waals surface area contributed by atoms with Crippen LogP contribution in [0.4, 0.5) is 0 Å². The summed E-state index contributed by atoms with van der Waals surface area (Å²) in [6.45, 7) is 4.95. The van der Waals surface area contributed by atoms with Crippen molar-refractivity contribution < 1.29 is 4.79 Å². The zero-order valence-corrected chi connectivity index (χ0v) is 13.3. The molecule has 1 aromatic heterocycles. The summed E-state index contributed by atoms with van der Waals surface area (Å²) in [6.07, 6.45) is 7.23. The Morgan fingerprint density at radius 1 is 1.23 bits per heavy atom. The quantitative estimate of drug-likeness (QED) is 0.869. The lowest BCUT2D eigenvalue weighted by Crippen LogP contribution is -2.45. The summed E-state index contributed by atoms with van der Waals surface area (Å²) in [4.78, 5) is 14.7. The maximum absolute atomic E-state index is 12.7. The largest absolute Gasteiger partial charge is 0.338 e. The molecule has 4 nitrogen and oxygen atoms in total. The zero-order valence-electron chi connectivity index (χ0n) is 13.3. The summed E-state index contributed by atoms with van der Waals surface area (Å²) in [6, 6.07) is 10.2. The van der Waals surface area contributed by atoms with E-state index in [0.29, 0.717) is 6.04 Å². The van der Waals surface area contributed by atoms with Crippen molar-refractivity contribution in [3.63, 3.8) is 0 Å². The number of aromatic nitrogens is 2. The number of carbonyl (C=O) groups excluding carboxylic acids is 1. The van der Waals surface area contributed by atoms with E-state index < -0.39 is 0 Å². The average Bonchev–Trinajstić information content (AvgIpc) is 3.05. The second kappa shape index (κ2) is 6.34. The number of carbonyl (C=O) groups is 1. The van der Waals surface area contributed by atoms with Crippen LogP contribution >= 0.6 is 0 Å². The summed E-state index contributed by atoms with van der Waals surface area (Å²) in [7, 11) is 0. The van der Waals surface area contributed by atoms with Gasteiger partial charge in [0.15, 0.2) is 0 Å². The molecule has 2 atom stereocenters. The van der Waals surface area contributed by atoms with Crippen molar-refractivity contribution in [1.29, 1.82) is 0 Å². The molecule has 1 amide bonds. The maximum atomic E-state index is 12.7. The molecule has 3 rings (SSSR count). The van der Waals surface area contributed by atoms with Crippen LogP contribution in [0, 0.1) is 0 Å². The molecule has 2 heterocycles. The van der Waals surface area contributed by atoms with Crippen molar-refractivity contribution in [3.05, 3.63) is 42.7 Å². The summed E-state index contributed by atoms with van der Waals surface area (Å²) in [5, 5.41) is 4.40. The first-order valence-corrected chi connectivity index (χ1v) is 8.07. The van der Waals surface area contributed by atoms with E-state index in [2.05, 4.69) is 24.2 Å². The third kappa shape index (κ3) is 2.91. The predicted octanol–water partition coefficient (Wildman–Crippen LogP) is 3.51. The first kappa shape index (κ1) is 14.8. The molecule has 2 aromatic rings. The molecule has 0 radical (unpaired) electrons. The van der Waals surface area contributed by atoms with Crippen molar-refractivity contribution in [3.8, 4) is 11.1 Å². The first-order valence-electron chi connectivity index (χ1n) is 8.07. The minimum absolute atomic E-state index is 0.176. The van der Waals surface area contributed by atoms with Crippen LogP contribution in [-0.2, 0) is 4.79 Å². The Labute approximate surface area is 131 Å². The van der Waals surface area contributed by atoms with E-state index in [1.54, 1.807) is 4.68 Å². The van der Waals surface area contributed by atoms with E-state index in [1.165, 1.54) is 6.42 Å². The molecule has 1 saturated heterocycles. The Kier molecular flexibility index (Phi) is 4.27. The van der Waals surface area contributed by atoms with Crippen LogP contribution in [-0.4, -0.2) is 33.2 Å². The van der Waals surface area contributed by atoms with Gasteiger partial charge in [-0.15, -0.1) is 0 Å². The lowest BCUT2D eigenvalue weighted by atomic mass is 10.0. The number of piperidine rings is 1. The van der Waals surface area contributed by atoms with Gasteiger partial charge in [-0.25, -0.2) is 0 Å². The van der Waals surface area contributed by atoms with E-state index in [0.717, 1.165) is 30.5 Å².